The lowest BCUT2D eigenvalue weighted by Gasteiger charge is -2.22. The number of rotatable bonds is 6. The summed E-state index contributed by atoms with van der Waals surface area (Å²) in [6.07, 6.45) is 2.11. The molecule has 3 heteroatoms. The first kappa shape index (κ1) is 16.4. The van der Waals surface area contributed by atoms with Crippen molar-refractivity contribution < 1.29 is 0 Å². The Bertz CT molecular complexity index is 596. The molecule has 2 aromatic rings. The molecule has 0 amide bonds. The third-order valence-corrected chi connectivity index (χ3v) is 4.36. The maximum absolute atomic E-state index is 6.19. The lowest BCUT2D eigenvalue weighted by molar-refractivity contribution is 0.595. The third kappa shape index (κ3) is 4.00. The highest BCUT2D eigenvalue weighted by Gasteiger charge is 2.16. The van der Waals surface area contributed by atoms with E-state index in [4.69, 9.17) is 23.2 Å². The monoisotopic (exact) mass is 321 g/mol. The molecule has 1 unspecified atom stereocenters. The maximum atomic E-state index is 6.19. The summed E-state index contributed by atoms with van der Waals surface area (Å²) in [4.78, 5) is 0. The second-order valence-electron chi connectivity index (χ2n) is 5.11. The third-order valence-electron chi connectivity index (χ3n) is 3.62. The van der Waals surface area contributed by atoms with Crippen molar-refractivity contribution in [3.05, 3.63) is 69.2 Å². The molecule has 0 aromatic heterocycles. The van der Waals surface area contributed by atoms with Crippen LogP contribution in [0.15, 0.2) is 42.5 Å². The summed E-state index contributed by atoms with van der Waals surface area (Å²) in [6.45, 7) is 5.32. The van der Waals surface area contributed by atoms with Gasteiger partial charge in [-0.25, -0.2) is 0 Å². The van der Waals surface area contributed by atoms with Crippen LogP contribution in [-0.2, 0) is 6.42 Å². The number of benzene rings is 2. The Kier molecular flexibility index (Phi) is 6.10. The topological polar surface area (TPSA) is 12.0 Å². The van der Waals surface area contributed by atoms with E-state index in [1.165, 1.54) is 11.1 Å². The lowest BCUT2D eigenvalue weighted by atomic mass is 9.93. The van der Waals surface area contributed by atoms with Crippen LogP contribution in [-0.4, -0.2) is 6.54 Å². The Hall–Kier alpha value is -1.02. The Morgan fingerprint density at radius 3 is 2.43 bits per heavy atom. The highest BCUT2D eigenvalue weighted by Crippen LogP contribution is 2.30. The zero-order chi connectivity index (χ0) is 15.2. The molecule has 0 spiro atoms. The van der Waals surface area contributed by atoms with Crippen molar-refractivity contribution >= 4 is 23.2 Å². The average Bonchev–Trinajstić information content (AvgIpc) is 2.51. The van der Waals surface area contributed by atoms with E-state index in [0.717, 1.165) is 24.9 Å². The highest BCUT2D eigenvalue weighted by molar-refractivity contribution is 6.42. The summed E-state index contributed by atoms with van der Waals surface area (Å²) in [7, 11) is 0. The van der Waals surface area contributed by atoms with Crippen LogP contribution in [0.25, 0.3) is 0 Å². The first-order valence-corrected chi connectivity index (χ1v) is 8.19. The van der Waals surface area contributed by atoms with Crippen LogP contribution in [0.5, 0.6) is 0 Å². The molecule has 112 valence electrons. The molecule has 0 bridgehead atoms. The van der Waals surface area contributed by atoms with E-state index in [9.17, 15) is 0 Å². The molecule has 0 radical (unpaired) electrons. The number of halogens is 2. The van der Waals surface area contributed by atoms with E-state index in [2.05, 4.69) is 43.4 Å². The second-order valence-corrected chi connectivity index (χ2v) is 5.93. The first-order chi connectivity index (χ1) is 10.2. The Balaban J connectivity index is 2.44. The van der Waals surface area contributed by atoms with E-state index in [1.807, 2.05) is 18.2 Å². The van der Waals surface area contributed by atoms with Gasteiger partial charge in [-0.15, -0.1) is 0 Å². The summed E-state index contributed by atoms with van der Waals surface area (Å²) in [6, 6.07) is 14.6. The fraction of sp³-hybridized carbons (Fsp3) is 0.333. The maximum Gasteiger partial charge on any atom is 0.0595 e. The number of nitrogens with one attached hydrogen (secondary N) is 1. The van der Waals surface area contributed by atoms with E-state index < -0.39 is 0 Å². The van der Waals surface area contributed by atoms with Gasteiger partial charge in [0.05, 0.1) is 16.1 Å². The molecule has 2 aromatic carbocycles. The van der Waals surface area contributed by atoms with Gasteiger partial charge in [0.2, 0.25) is 0 Å². The Morgan fingerprint density at radius 1 is 1.00 bits per heavy atom. The van der Waals surface area contributed by atoms with Crippen LogP contribution in [0.1, 0.15) is 43.0 Å². The van der Waals surface area contributed by atoms with E-state index in [-0.39, 0.29) is 6.04 Å². The average molecular weight is 322 g/mol. The van der Waals surface area contributed by atoms with E-state index >= 15 is 0 Å². The van der Waals surface area contributed by atoms with Crippen molar-refractivity contribution in [1.29, 1.82) is 0 Å². The summed E-state index contributed by atoms with van der Waals surface area (Å²) in [5.74, 6) is 0. The molecular weight excluding hydrogens is 301 g/mol. The molecule has 1 N–H and O–H groups in total. The van der Waals surface area contributed by atoms with Crippen molar-refractivity contribution in [2.24, 2.45) is 0 Å². The molecule has 0 saturated carbocycles. The number of hydrogen-bond donors (Lipinski definition) is 1. The molecular formula is C18H21Cl2N. The first-order valence-electron chi connectivity index (χ1n) is 7.43. The zero-order valence-corrected chi connectivity index (χ0v) is 14.0. The largest absolute Gasteiger partial charge is 0.306 e. The summed E-state index contributed by atoms with van der Waals surface area (Å²) < 4.78 is 0. The molecule has 0 aliphatic rings. The number of hydrogen-bond acceptors (Lipinski definition) is 1. The minimum Gasteiger partial charge on any atom is -0.306 e. The predicted molar refractivity (Wildman–Crippen MR) is 92.4 cm³/mol. The molecule has 1 atom stereocenters. The van der Waals surface area contributed by atoms with Crippen molar-refractivity contribution in [2.75, 3.05) is 6.54 Å². The van der Waals surface area contributed by atoms with Crippen LogP contribution in [0.2, 0.25) is 10.0 Å². The van der Waals surface area contributed by atoms with Crippen molar-refractivity contribution in [2.45, 2.75) is 32.7 Å². The Labute approximate surface area is 137 Å². The summed E-state index contributed by atoms with van der Waals surface area (Å²) >= 11 is 12.2. The molecule has 0 fully saturated rings. The fourth-order valence-electron chi connectivity index (χ4n) is 2.53. The minimum atomic E-state index is 0.149. The van der Waals surface area contributed by atoms with Crippen LogP contribution < -0.4 is 5.32 Å². The summed E-state index contributed by atoms with van der Waals surface area (Å²) in [5, 5.41) is 4.82. The van der Waals surface area contributed by atoms with Gasteiger partial charge in [0.15, 0.2) is 0 Å². The predicted octanol–water partition coefficient (Wildman–Crippen LogP) is 5.64. The Morgan fingerprint density at radius 2 is 1.76 bits per heavy atom. The molecule has 1 nitrogen and oxygen atoms in total. The molecule has 2 rings (SSSR count). The quantitative estimate of drug-likeness (QED) is 0.725. The van der Waals surface area contributed by atoms with Gasteiger partial charge < -0.3 is 5.32 Å². The summed E-state index contributed by atoms with van der Waals surface area (Å²) in [5.41, 5.74) is 3.82. The van der Waals surface area contributed by atoms with Crippen LogP contribution in [0, 0.1) is 0 Å². The zero-order valence-electron chi connectivity index (χ0n) is 12.5. The van der Waals surface area contributed by atoms with Gasteiger partial charge in [0, 0.05) is 0 Å². The van der Waals surface area contributed by atoms with Crippen molar-refractivity contribution in [3.63, 3.8) is 0 Å². The highest BCUT2D eigenvalue weighted by atomic mass is 35.5. The molecule has 0 aliphatic heterocycles. The van der Waals surface area contributed by atoms with Gasteiger partial charge in [0.25, 0.3) is 0 Å². The normalized spacial score (nSPS) is 12.4. The van der Waals surface area contributed by atoms with Crippen LogP contribution in [0.4, 0.5) is 0 Å². The van der Waals surface area contributed by atoms with Gasteiger partial charge >= 0.3 is 0 Å². The molecule has 0 aliphatic carbocycles. The van der Waals surface area contributed by atoms with Crippen molar-refractivity contribution in [3.8, 4) is 0 Å². The van der Waals surface area contributed by atoms with Gasteiger partial charge in [-0.2, -0.15) is 0 Å². The van der Waals surface area contributed by atoms with Gasteiger partial charge in [-0.05, 0) is 48.2 Å². The van der Waals surface area contributed by atoms with E-state index in [0.29, 0.717) is 10.0 Å². The molecule has 0 saturated heterocycles. The standard InChI is InChI=1S/C18H21Cl2N/c1-3-11-21-18(14-9-10-16(19)17(20)12-14)15-8-6-5-7-13(15)4-2/h5-10,12,18,21H,3-4,11H2,1-2H3. The van der Waals surface area contributed by atoms with Crippen LogP contribution in [0.3, 0.4) is 0 Å². The molecule has 0 heterocycles. The number of aryl methyl sites for hydroxylation is 1. The lowest BCUT2D eigenvalue weighted by Crippen LogP contribution is -2.24. The van der Waals surface area contributed by atoms with Gasteiger partial charge in [0.1, 0.15) is 0 Å². The fourth-order valence-corrected chi connectivity index (χ4v) is 2.83. The minimum absolute atomic E-state index is 0.149. The second kappa shape index (κ2) is 7.84. The smallest absolute Gasteiger partial charge is 0.0595 e. The molecule has 21 heavy (non-hydrogen) atoms. The van der Waals surface area contributed by atoms with E-state index in [1.54, 1.807) is 0 Å². The SMILES string of the molecule is CCCNC(c1ccc(Cl)c(Cl)c1)c1ccccc1CC. The van der Waals surface area contributed by atoms with Crippen LogP contribution >= 0.6 is 23.2 Å². The van der Waals surface area contributed by atoms with Crippen molar-refractivity contribution in [1.82, 2.24) is 5.32 Å². The van der Waals surface area contributed by atoms with Gasteiger partial charge in [-0.3, -0.25) is 0 Å². The van der Waals surface area contributed by atoms with Gasteiger partial charge in [-0.1, -0.05) is 67.4 Å².